The van der Waals surface area contributed by atoms with E-state index in [1.54, 1.807) is 18.2 Å². The molecule has 0 fully saturated rings. The first-order valence-corrected chi connectivity index (χ1v) is 11.6. The molecular weight excluding hydrogens is 388 g/mol. The van der Waals surface area contributed by atoms with Crippen LogP contribution in [0.1, 0.15) is 70.8 Å². The van der Waals surface area contributed by atoms with Crippen LogP contribution in [-0.4, -0.2) is 19.2 Å². The van der Waals surface area contributed by atoms with E-state index in [1.165, 1.54) is 38.2 Å². The Kier molecular flexibility index (Phi) is 12.0. The summed E-state index contributed by atoms with van der Waals surface area (Å²) in [5, 5.41) is 0. The first-order chi connectivity index (χ1) is 15.2. The molecule has 4 heteroatoms. The van der Waals surface area contributed by atoms with Crippen LogP contribution in [0.4, 0.5) is 0 Å². The Morgan fingerprint density at radius 2 is 1.16 bits per heavy atom. The molecule has 168 valence electrons. The Balaban J connectivity index is 1.71. The molecule has 0 unspecified atom stereocenters. The van der Waals surface area contributed by atoms with Crippen LogP contribution in [0.15, 0.2) is 54.6 Å². The maximum absolute atomic E-state index is 12.1. The normalized spacial score (nSPS) is 10.9. The third-order valence-electron chi connectivity index (χ3n) is 4.87. The summed E-state index contributed by atoms with van der Waals surface area (Å²) in [6, 6.07) is 14.8. The lowest BCUT2D eigenvalue weighted by Gasteiger charge is -2.07. The smallest absolute Gasteiger partial charge is 0.336 e. The molecule has 2 aromatic rings. The summed E-state index contributed by atoms with van der Waals surface area (Å²) in [6.07, 6.45) is 12.7. The quantitative estimate of drug-likeness (QED) is 0.131. The molecule has 0 amide bonds. The summed E-state index contributed by atoms with van der Waals surface area (Å²) in [5.41, 5.74) is 0.920. The Labute approximate surface area is 187 Å². The highest BCUT2D eigenvalue weighted by molar-refractivity contribution is 5.88. The molecule has 2 aromatic carbocycles. The van der Waals surface area contributed by atoms with Gasteiger partial charge >= 0.3 is 5.97 Å². The van der Waals surface area contributed by atoms with Crippen molar-refractivity contribution in [3.63, 3.8) is 0 Å². The van der Waals surface area contributed by atoms with Gasteiger partial charge in [0.05, 0.1) is 13.2 Å². The number of rotatable bonds is 15. The zero-order valence-electron chi connectivity index (χ0n) is 19.0. The van der Waals surface area contributed by atoms with Gasteiger partial charge in [-0.3, -0.25) is 0 Å². The molecule has 0 heterocycles. The molecule has 0 aliphatic carbocycles. The molecular formula is C27H36O4. The van der Waals surface area contributed by atoms with Crippen molar-refractivity contribution in [2.24, 2.45) is 0 Å². The number of esters is 1. The zero-order valence-corrected chi connectivity index (χ0v) is 19.0. The van der Waals surface area contributed by atoms with Crippen LogP contribution in [0.25, 0.3) is 6.08 Å². The highest BCUT2D eigenvalue weighted by Gasteiger charge is 2.02. The average Bonchev–Trinajstić information content (AvgIpc) is 2.79. The lowest BCUT2D eigenvalue weighted by Crippen LogP contribution is -2.03. The minimum Gasteiger partial charge on any atom is -0.494 e. The van der Waals surface area contributed by atoms with Crippen LogP contribution in [0, 0.1) is 0 Å². The van der Waals surface area contributed by atoms with Gasteiger partial charge in [0, 0.05) is 6.08 Å². The molecule has 0 aliphatic heterocycles. The number of hydrogen-bond acceptors (Lipinski definition) is 4. The van der Waals surface area contributed by atoms with Crippen LogP contribution >= 0.6 is 0 Å². The Hall–Kier alpha value is -2.75. The van der Waals surface area contributed by atoms with Gasteiger partial charge in [0.2, 0.25) is 0 Å². The Morgan fingerprint density at radius 1 is 0.677 bits per heavy atom. The fourth-order valence-corrected chi connectivity index (χ4v) is 3.03. The third-order valence-corrected chi connectivity index (χ3v) is 4.87. The van der Waals surface area contributed by atoms with E-state index in [0.29, 0.717) is 12.4 Å². The molecule has 0 N–H and O–H groups in total. The number of ether oxygens (including phenoxy) is 3. The van der Waals surface area contributed by atoms with Gasteiger partial charge in [-0.15, -0.1) is 0 Å². The summed E-state index contributed by atoms with van der Waals surface area (Å²) in [5.74, 6) is 1.73. The second kappa shape index (κ2) is 15.1. The van der Waals surface area contributed by atoms with Gasteiger partial charge in [-0.05, 0) is 60.9 Å². The number of benzene rings is 2. The number of carbonyl (C=O) groups excluding carboxylic acids is 1. The monoisotopic (exact) mass is 424 g/mol. The van der Waals surface area contributed by atoms with E-state index in [9.17, 15) is 4.79 Å². The summed E-state index contributed by atoms with van der Waals surface area (Å²) < 4.78 is 16.8. The van der Waals surface area contributed by atoms with Crippen molar-refractivity contribution >= 4 is 12.0 Å². The van der Waals surface area contributed by atoms with Gasteiger partial charge in [-0.1, -0.05) is 64.5 Å². The highest BCUT2D eigenvalue weighted by atomic mass is 16.5. The molecule has 0 aromatic heterocycles. The van der Waals surface area contributed by atoms with Crippen LogP contribution in [0.5, 0.6) is 17.2 Å². The summed E-state index contributed by atoms with van der Waals surface area (Å²) >= 11 is 0. The van der Waals surface area contributed by atoms with Crippen LogP contribution < -0.4 is 14.2 Å². The standard InChI is InChI=1S/C27H36O4/c1-3-5-7-8-10-22-30-24-14-11-23(12-15-24)13-20-27(28)31-26-18-16-25(17-19-26)29-21-9-6-4-2/h11-20H,3-10,21-22H2,1-2H3. The van der Waals surface area contributed by atoms with E-state index in [-0.39, 0.29) is 0 Å². The van der Waals surface area contributed by atoms with Crippen LogP contribution in [0.2, 0.25) is 0 Å². The number of unbranched alkanes of at least 4 members (excludes halogenated alkanes) is 6. The maximum Gasteiger partial charge on any atom is 0.336 e. The lowest BCUT2D eigenvalue weighted by molar-refractivity contribution is -0.128. The molecule has 0 aliphatic rings. The summed E-state index contributed by atoms with van der Waals surface area (Å²) in [4.78, 5) is 12.1. The fraction of sp³-hybridized carbons (Fsp3) is 0.444. The molecule has 2 rings (SSSR count). The predicted octanol–water partition coefficient (Wildman–Crippen LogP) is 7.22. The first-order valence-electron chi connectivity index (χ1n) is 11.6. The van der Waals surface area contributed by atoms with E-state index in [4.69, 9.17) is 14.2 Å². The molecule has 0 radical (unpaired) electrons. The minimum absolute atomic E-state index is 0.413. The maximum atomic E-state index is 12.1. The molecule has 31 heavy (non-hydrogen) atoms. The summed E-state index contributed by atoms with van der Waals surface area (Å²) in [7, 11) is 0. The van der Waals surface area contributed by atoms with Gasteiger partial charge in [-0.25, -0.2) is 4.79 Å². The van der Waals surface area contributed by atoms with E-state index in [2.05, 4.69) is 13.8 Å². The van der Waals surface area contributed by atoms with E-state index < -0.39 is 5.97 Å². The van der Waals surface area contributed by atoms with E-state index in [1.807, 2.05) is 36.4 Å². The molecule has 0 bridgehead atoms. The molecule has 0 spiro atoms. The van der Waals surface area contributed by atoms with Gasteiger partial charge < -0.3 is 14.2 Å². The van der Waals surface area contributed by atoms with E-state index >= 15 is 0 Å². The van der Waals surface area contributed by atoms with Crippen molar-refractivity contribution in [3.05, 3.63) is 60.2 Å². The Morgan fingerprint density at radius 3 is 1.77 bits per heavy atom. The molecule has 0 saturated heterocycles. The van der Waals surface area contributed by atoms with Gasteiger partial charge in [0.1, 0.15) is 17.2 Å². The fourth-order valence-electron chi connectivity index (χ4n) is 3.03. The minimum atomic E-state index is -0.413. The van der Waals surface area contributed by atoms with Crippen molar-refractivity contribution in [2.75, 3.05) is 13.2 Å². The van der Waals surface area contributed by atoms with Crippen LogP contribution in [0.3, 0.4) is 0 Å². The largest absolute Gasteiger partial charge is 0.494 e. The second-order valence-electron chi connectivity index (χ2n) is 7.61. The van der Waals surface area contributed by atoms with Crippen LogP contribution in [-0.2, 0) is 4.79 Å². The molecule has 4 nitrogen and oxygen atoms in total. The topological polar surface area (TPSA) is 44.8 Å². The van der Waals surface area contributed by atoms with Crippen molar-refractivity contribution in [1.29, 1.82) is 0 Å². The predicted molar refractivity (Wildman–Crippen MR) is 127 cm³/mol. The van der Waals surface area contributed by atoms with Crippen molar-refractivity contribution < 1.29 is 19.0 Å². The van der Waals surface area contributed by atoms with Crippen molar-refractivity contribution in [3.8, 4) is 17.2 Å². The highest BCUT2D eigenvalue weighted by Crippen LogP contribution is 2.19. The lowest BCUT2D eigenvalue weighted by atomic mass is 10.2. The Bertz CT molecular complexity index is 763. The first kappa shape index (κ1) is 24.5. The molecule has 0 saturated carbocycles. The van der Waals surface area contributed by atoms with Crippen molar-refractivity contribution in [1.82, 2.24) is 0 Å². The number of hydrogen-bond donors (Lipinski definition) is 0. The SMILES string of the molecule is CCCCCCCOc1ccc(C=CC(=O)Oc2ccc(OCCCCC)cc2)cc1. The zero-order chi connectivity index (χ0) is 22.2. The summed E-state index contributed by atoms with van der Waals surface area (Å²) in [6.45, 7) is 5.83. The van der Waals surface area contributed by atoms with Gasteiger partial charge in [0.15, 0.2) is 0 Å². The average molecular weight is 425 g/mol. The van der Waals surface area contributed by atoms with Crippen molar-refractivity contribution in [2.45, 2.75) is 65.2 Å². The van der Waals surface area contributed by atoms with E-state index in [0.717, 1.165) is 42.9 Å². The third kappa shape index (κ3) is 10.7. The van der Waals surface area contributed by atoms with Gasteiger partial charge in [0.25, 0.3) is 0 Å². The second-order valence-corrected chi connectivity index (χ2v) is 7.61. The van der Waals surface area contributed by atoms with Gasteiger partial charge in [-0.2, -0.15) is 0 Å². The molecule has 0 atom stereocenters. The number of carbonyl (C=O) groups is 1.